The van der Waals surface area contributed by atoms with Crippen LogP contribution in [-0.4, -0.2) is 9.97 Å². The second kappa shape index (κ2) is 5.92. The zero-order valence-corrected chi connectivity index (χ0v) is 14.9. The lowest BCUT2D eigenvalue weighted by Gasteiger charge is -2.18. The minimum absolute atomic E-state index is 0.0451. The Bertz CT molecular complexity index is 843. The molecule has 0 N–H and O–H groups in total. The third-order valence-corrected chi connectivity index (χ3v) is 4.54. The maximum absolute atomic E-state index is 4.98. The van der Waals surface area contributed by atoms with E-state index >= 15 is 0 Å². The molecular weight excluding hydrogens is 280 g/mol. The van der Waals surface area contributed by atoms with Gasteiger partial charge in [0.1, 0.15) is 0 Å². The van der Waals surface area contributed by atoms with Crippen molar-refractivity contribution in [1.82, 2.24) is 9.97 Å². The molecule has 2 aromatic heterocycles. The van der Waals surface area contributed by atoms with E-state index in [1.165, 1.54) is 29.3 Å². The molecule has 1 unspecified atom stereocenters. The summed E-state index contributed by atoms with van der Waals surface area (Å²) < 4.78 is 0. The molecule has 0 saturated carbocycles. The number of nitrogens with zero attached hydrogens (tertiary/aromatic N) is 2. The highest BCUT2D eigenvalue weighted by molar-refractivity contribution is 6.02. The van der Waals surface area contributed by atoms with E-state index in [1.807, 2.05) is 0 Å². The highest BCUT2D eigenvalue weighted by Crippen LogP contribution is 2.29. The fraction of sp³-hybridized carbons (Fsp3) is 0.429. The molecule has 0 bridgehead atoms. The molecule has 2 heteroatoms. The summed E-state index contributed by atoms with van der Waals surface area (Å²) in [6, 6.07) is 13.0. The largest absolute Gasteiger partial charge is 0.250 e. The predicted octanol–water partition coefficient (Wildman–Crippen LogP) is 5.98. The lowest BCUT2D eigenvalue weighted by molar-refractivity contribution is 0.571. The van der Waals surface area contributed by atoms with Crippen LogP contribution in [0.15, 0.2) is 36.4 Å². The Labute approximate surface area is 139 Å². The van der Waals surface area contributed by atoms with E-state index in [9.17, 15) is 0 Å². The van der Waals surface area contributed by atoms with Gasteiger partial charge in [0.2, 0.25) is 0 Å². The van der Waals surface area contributed by atoms with Crippen LogP contribution in [-0.2, 0) is 5.41 Å². The van der Waals surface area contributed by atoms with Crippen LogP contribution in [0.2, 0.25) is 0 Å². The van der Waals surface area contributed by atoms with Gasteiger partial charge in [-0.1, -0.05) is 65.3 Å². The van der Waals surface area contributed by atoms with Crippen molar-refractivity contribution in [2.75, 3.05) is 0 Å². The summed E-state index contributed by atoms with van der Waals surface area (Å²) in [6.45, 7) is 11.1. The molecule has 3 rings (SSSR count). The van der Waals surface area contributed by atoms with E-state index in [1.54, 1.807) is 0 Å². The molecule has 23 heavy (non-hydrogen) atoms. The number of aromatic nitrogens is 2. The van der Waals surface area contributed by atoms with Gasteiger partial charge in [-0.25, -0.2) is 4.98 Å². The SMILES string of the molecule is CCCC(C)c1ccc2ccc3ccc(C(C)(C)C)nc3c2n1. The van der Waals surface area contributed by atoms with Crippen LogP contribution in [0.4, 0.5) is 0 Å². The summed E-state index contributed by atoms with van der Waals surface area (Å²) >= 11 is 0. The highest BCUT2D eigenvalue weighted by atomic mass is 14.8. The van der Waals surface area contributed by atoms with Gasteiger partial charge in [0.05, 0.1) is 11.0 Å². The molecule has 120 valence electrons. The molecular formula is C21H26N2. The Morgan fingerprint density at radius 2 is 1.43 bits per heavy atom. The first-order valence-electron chi connectivity index (χ1n) is 8.61. The molecule has 2 heterocycles. The van der Waals surface area contributed by atoms with E-state index in [4.69, 9.17) is 9.97 Å². The summed E-state index contributed by atoms with van der Waals surface area (Å²) in [6.07, 6.45) is 2.35. The molecule has 1 atom stereocenters. The monoisotopic (exact) mass is 306 g/mol. The molecule has 0 radical (unpaired) electrons. The van der Waals surface area contributed by atoms with Gasteiger partial charge < -0.3 is 0 Å². The van der Waals surface area contributed by atoms with Crippen molar-refractivity contribution in [3.8, 4) is 0 Å². The zero-order chi connectivity index (χ0) is 16.6. The molecule has 2 nitrogen and oxygen atoms in total. The van der Waals surface area contributed by atoms with E-state index in [-0.39, 0.29) is 5.41 Å². The lowest BCUT2D eigenvalue weighted by Crippen LogP contribution is -2.13. The van der Waals surface area contributed by atoms with Crippen LogP contribution in [0.25, 0.3) is 21.8 Å². The summed E-state index contributed by atoms with van der Waals surface area (Å²) in [5.41, 5.74) is 4.40. The van der Waals surface area contributed by atoms with Gasteiger partial charge in [0, 0.05) is 27.6 Å². The minimum atomic E-state index is 0.0451. The van der Waals surface area contributed by atoms with Crippen molar-refractivity contribution in [3.63, 3.8) is 0 Å². The van der Waals surface area contributed by atoms with Crippen LogP contribution in [0.1, 0.15) is 64.8 Å². The van der Waals surface area contributed by atoms with E-state index in [0.717, 1.165) is 16.7 Å². The third-order valence-electron chi connectivity index (χ3n) is 4.54. The normalized spacial score (nSPS) is 13.6. The van der Waals surface area contributed by atoms with Gasteiger partial charge in [-0.2, -0.15) is 0 Å². The molecule has 0 aliphatic rings. The lowest BCUT2D eigenvalue weighted by atomic mass is 9.91. The molecule has 1 aromatic carbocycles. The second-order valence-electron chi connectivity index (χ2n) is 7.58. The number of fused-ring (bicyclic) bond motifs is 3. The van der Waals surface area contributed by atoms with Gasteiger partial charge in [-0.05, 0) is 24.5 Å². The van der Waals surface area contributed by atoms with Crippen LogP contribution >= 0.6 is 0 Å². The van der Waals surface area contributed by atoms with Gasteiger partial charge in [-0.15, -0.1) is 0 Å². The Morgan fingerprint density at radius 3 is 2.04 bits per heavy atom. The molecule has 0 spiro atoms. The van der Waals surface area contributed by atoms with E-state index in [0.29, 0.717) is 5.92 Å². The minimum Gasteiger partial charge on any atom is -0.250 e. The first kappa shape index (κ1) is 15.9. The van der Waals surface area contributed by atoms with Crippen LogP contribution in [0.3, 0.4) is 0 Å². The van der Waals surface area contributed by atoms with Crippen molar-refractivity contribution >= 4 is 21.8 Å². The molecule has 0 aliphatic heterocycles. The quantitative estimate of drug-likeness (QED) is 0.556. The molecule has 3 aromatic rings. The fourth-order valence-corrected chi connectivity index (χ4v) is 3.06. The Balaban J connectivity index is 2.24. The highest BCUT2D eigenvalue weighted by Gasteiger charge is 2.17. The standard InChI is InChI=1S/C21H26N2/c1-6-7-14(2)17-12-10-15-8-9-16-11-13-18(21(3,4)5)23-20(16)19(15)22-17/h8-14H,6-7H2,1-5H3. The molecule has 0 saturated heterocycles. The maximum Gasteiger partial charge on any atom is 0.0968 e. The fourth-order valence-electron chi connectivity index (χ4n) is 3.06. The number of pyridine rings is 2. The first-order valence-corrected chi connectivity index (χ1v) is 8.61. The summed E-state index contributed by atoms with van der Waals surface area (Å²) in [4.78, 5) is 9.94. The van der Waals surface area contributed by atoms with E-state index < -0.39 is 0 Å². The molecule has 0 amide bonds. The van der Waals surface area contributed by atoms with Crippen LogP contribution < -0.4 is 0 Å². The number of hydrogen-bond donors (Lipinski definition) is 0. The first-order chi connectivity index (χ1) is 10.9. The van der Waals surface area contributed by atoms with Gasteiger partial charge in [-0.3, -0.25) is 4.98 Å². The number of hydrogen-bond acceptors (Lipinski definition) is 2. The van der Waals surface area contributed by atoms with Crippen molar-refractivity contribution in [3.05, 3.63) is 47.8 Å². The van der Waals surface area contributed by atoms with Crippen molar-refractivity contribution < 1.29 is 0 Å². The summed E-state index contributed by atoms with van der Waals surface area (Å²) in [5, 5.41) is 2.34. The van der Waals surface area contributed by atoms with Crippen LogP contribution in [0, 0.1) is 0 Å². The third kappa shape index (κ3) is 3.08. The summed E-state index contributed by atoms with van der Waals surface area (Å²) in [7, 11) is 0. The van der Waals surface area contributed by atoms with Gasteiger partial charge in [0.15, 0.2) is 0 Å². The average molecular weight is 306 g/mol. The van der Waals surface area contributed by atoms with Gasteiger partial charge in [0.25, 0.3) is 0 Å². The second-order valence-corrected chi connectivity index (χ2v) is 7.58. The topological polar surface area (TPSA) is 25.8 Å². The number of rotatable bonds is 3. The zero-order valence-electron chi connectivity index (χ0n) is 14.9. The Kier molecular flexibility index (Phi) is 4.09. The van der Waals surface area contributed by atoms with Crippen molar-refractivity contribution in [1.29, 1.82) is 0 Å². The van der Waals surface area contributed by atoms with Crippen LogP contribution in [0.5, 0.6) is 0 Å². The maximum atomic E-state index is 4.98. The predicted molar refractivity (Wildman–Crippen MR) is 99.1 cm³/mol. The molecule has 0 aliphatic carbocycles. The molecule has 0 fully saturated rings. The smallest absolute Gasteiger partial charge is 0.0968 e. The summed E-state index contributed by atoms with van der Waals surface area (Å²) in [5.74, 6) is 0.491. The Hall–Kier alpha value is -1.96. The number of benzene rings is 1. The van der Waals surface area contributed by atoms with E-state index in [2.05, 4.69) is 71.0 Å². The van der Waals surface area contributed by atoms with Gasteiger partial charge >= 0.3 is 0 Å². The Morgan fingerprint density at radius 1 is 0.870 bits per heavy atom. The average Bonchev–Trinajstić information content (AvgIpc) is 2.53. The van der Waals surface area contributed by atoms with Crippen molar-refractivity contribution in [2.24, 2.45) is 0 Å². The van der Waals surface area contributed by atoms with Crippen molar-refractivity contribution in [2.45, 2.75) is 58.8 Å².